The maximum atomic E-state index is 12.6. The first-order chi connectivity index (χ1) is 12.6. The van der Waals surface area contributed by atoms with E-state index in [1.165, 1.54) is 13.2 Å². The lowest BCUT2D eigenvalue weighted by Crippen LogP contribution is -2.26. The van der Waals surface area contributed by atoms with Gasteiger partial charge >= 0.3 is 0 Å². The minimum atomic E-state index is -0.413. The maximum Gasteiger partial charge on any atom is 0.259 e. The first-order valence-corrected chi connectivity index (χ1v) is 8.45. The molecule has 7 heteroatoms. The standard InChI is InChI=1S/C19H21ClN2O4/c1-25-11-5-10-21-18(23)14-6-3-4-7-16(14)22-19(24)15-12-13(20)8-9-17(15)26-2/h3-4,6-9,12H,5,10-11H2,1-2H3,(H,21,23)(H,22,24). The van der Waals surface area contributed by atoms with Crippen molar-refractivity contribution in [3.63, 3.8) is 0 Å². The highest BCUT2D eigenvalue weighted by Gasteiger charge is 2.17. The highest BCUT2D eigenvalue weighted by atomic mass is 35.5. The van der Waals surface area contributed by atoms with E-state index in [1.54, 1.807) is 43.5 Å². The van der Waals surface area contributed by atoms with Crippen molar-refractivity contribution < 1.29 is 19.1 Å². The highest BCUT2D eigenvalue weighted by molar-refractivity contribution is 6.31. The third-order valence-corrected chi connectivity index (χ3v) is 3.87. The number of nitrogens with one attached hydrogen (secondary N) is 2. The van der Waals surface area contributed by atoms with Gasteiger partial charge in [0.15, 0.2) is 0 Å². The number of rotatable bonds is 8. The number of carbonyl (C=O) groups excluding carboxylic acids is 2. The Balaban J connectivity index is 2.16. The summed E-state index contributed by atoms with van der Waals surface area (Å²) in [5.74, 6) is -0.285. The van der Waals surface area contributed by atoms with Crippen LogP contribution in [0.5, 0.6) is 5.75 Å². The Kier molecular flexibility index (Phi) is 7.44. The van der Waals surface area contributed by atoms with Crippen LogP contribution >= 0.6 is 11.6 Å². The minimum Gasteiger partial charge on any atom is -0.496 e. The summed E-state index contributed by atoms with van der Waals surface area (Å²) in [6.07, 6.45) is 0.705. The van der Waals surface area contributed by atoms with Gasteiger partial charge in [0, 0.05) is 25.3 Å². The molecule has 0 saturated heterocycles. The molecule has 0 bridgehead atoms. The first kappa shape index (κ1) is 19.8. The molecule has 2 rings (SSSR count). The van der Waals surface area contributed by atoms with Gasteiger partial charge in [-0.25, -0.2) is 0 Å². The normalized spacial score (nSPS) is 10.3. The van der Waals surface area contributed by atoms with Gasteiger partial charge < -0.3 is 20.1 Å². The second-order valence-electron chi connectivity index (χ2n) is 5.45. The van der Waals surface area contributed by atoms with Crippen LogP contribution in [0.15, 0.2) is 42.5 Å². The zero-order valence-electron chi connectivity index (χ0n) is 14.7. The Bertz CT molecular complexity index is 780. The number of benzene rings is 2. The molecule has 26 heavy (non-hydrogen) atoms. The number of methoxy groups -OCH3 is 2. The van der Waals surface area contributed by atoms with E-state index in [0.29, 0.717) is 41.6 Å². The van der Waals surface area contributed by atoms with E-state index < -0.39 is 5.91 Å². The summed E-state index contributed by atoms with van der Waals surface area (Å²) in [7, 11) is 3.08. The van der Waals surface area contributed by atoms with E-state index >= 15 is 0 Å². The lowest BCUT2D eigenvalue weighted by Gasteiger charge is -2.13. The lowest BCUT2D eigenvalue weighted by atomic mass is 10.1. The van der Waals surface area contributed by atoms with Crippen LogP contribution in [0.4, 0.5) is 5.69 Å². The van der Waals surface area contributed by atoms with Gasteiger partial charge in [-0.15, -0.1) is 0 Å². The molecule has 0 heterocycles. The predicted octanol–water partition coefficient (Wildman–Crippen LogP) is 3.37. The Hall–Kier alpha value is -2.57. The van der Waals surface area contributed by atoms with Gasteiger partial charge in [-0.1, -0.05) is 23.7 Å². The first-order valence-electron chi connectivity index (χ1n) is 8.08. The Morgan fingerprint density at radius 1 is 1.04 bits per heavy atom. The quantitative estimate of drug-likeness (QED) is 0.692. The Labute approximate surface area is 157 Å². The van der Waals surface area contributed by atoms with Crippen molar-refractivity contribution in [1.29, 1.82) is 0 Å². The Morgan fingerprint density at radius 2 is 1.81 bits per heavy atom. The fourth-order valence-corrected chi connectivity index (χ4v) is 2.52. The number of hydrogen-bond donors (Lipinski definition) is 2. The molecule has 0 fully saturated rings. The van der Waals surface area contributed by atoms with Crippen molar-refractivity contribution >= 4 is 29.1 Å². The van der Waals surface area contributed by atoms with Gasteiger partial charge in [-0.3, -0.25) is 9.59 Å². The molecule has 0 atom stereocenters. The van der Waals surface area contributed by atoms with Crippen molar-refractivity contribution in [2.75, 3.05) is 32.7 Å². The van der Waals surface area contributed by atoms with E-state index in [0.717, 1.165) is 0 Å². The molecule has 0 unspecified atom stereocenters. The molecule has 0 saturated carbocycles. The molecule has 0 radical (unpaired) electrons. The average Bonchev–Trinajstić information content (AvgIpc) is 2.65. The SMILES string of the molecule is COCCCNC(=O)c1ccccc1NC(=O)c1cc(Cl)ccc1OC. The van der Waals surface area contributed by atoms with Crippen molar-refractivity contribution in [2.24, 2.45) is 0 Å². The van der Waals surface area contributed by atoms with E-state index in [4.69, 9.17) is 21.1 Å². The number of carbonyl (C=O) groups is 2. The largest absolute Gasteiger partial charge is 0.496 e. The summed E-state index contributed by atoms with van der Waals surface area (Å²) in [5.41, 5.74) is 1.07. The zero-order chi connectivity index (χ0) is 18.9. The fourth-order valence-electron chi connectivity index (χ4n) is 2.35. The highest BCUT2D eigenvalue weighted by Crippen LogP contribution is 2.24. The van der Waals surface area contributed by atoms with E-state index in [2.05, 4.69) is 10.6 Å². The van der Waals surface area contributed by atoms with Crippen LogP contribution in [-0.2, 0) is 4.74 Å². The monoisotopic (exact) mass is 376 g/mol. The number of para-hydroxylation sites is 1. The van der Waals surface area contributed by atoms with Gasteiger partial charge in [0.25, 0.3) is 11.8 Å². The third-order valence-electron chi connectivity index (χ3n) is 3.64. The number of anilines is 1. The van der Waals surface area contributed by atoms with Crippen LogP contribution in [0.2, 0.25) is 5.02 Å². The van der Waals surface area contributed by atoms with Crippen LogP contribution in [0.3, 0.4) is 0 Å². The molecular weight excluding hydrogens is 356 g/mol. The zero-order valence-corrected chi connectivity index (χ0v) is 15.4. The average molecular weight is 377 g/mol. The summed E-state index contributed by atoms with van der Waals surface area (Å²) >= 11 is 5.98. The Morgan fingerprint density at radius 3 is 2.54 bits per heavy atom. The van der Waals surface area contributed by atoms with E-state index in [1.807, 2.05) is 0 Å². The van der Waals surface area contributed by atoms with Gasteiger partial charge in [-0.05, 0) is 36.8 Å². The number of halogens is 1. The van der Waals surface area contributed by atoms with Crippen LogP contribution in [-0.4, -0.2) is 39.2 Å². The molecule has 0 aliphatic carbocycles. The van der Waals surface area contributed by atoms with Crippen molar-refractivity contribution in [1.82, 2.24) is 5.32 Å². The fraction of sp³-hybridized carbons (Fsp3) is 0.263. The summed E-state index contributed by atoms with van der Waals surface area (Å²) in [6, 6.07) is 11.6. The predicted molar refractivity (Wildman–Crippen MR) is 101 cm³/mol. The van der Waals surface area contributed by atoms with E-state index in [9.17, 15) is 9.59 Å². The summed E-state index contributed by atoms with van der Waals surface area (Å²) in [5, 5.41) is 5.97. The number of ether oxygens (including phenoxy) is 2. The molecular formula is C19H21ClN2O4. The molecule has 2 aromatic carbocycles. The van der Waals surface area contributed by atoms with Crippen molar-refractivity contribution in [3.8, 4) is 5.75 Å². The van der Waals surface area contributed by atoms with E-state index in [-0.39, 0.29) is 11.5 Å². The smallest absolute Gasteiger partial charge is 0.259 e. The van der Waals surface area contributed by atoms with Crippen LogP contribution in [0.25, 0.3) is 0 Å². The molecule has 0 aliphatic heterocycles. The minimum absolute atomic E-state index is 0.268. The molecule has 2 amide bonds. The molecule has 6 nitrogen and oxygen atoms in total. The van der Waals surface area contributed by atoms with Gasteiger partial charge in [-0.2, -0.15) is 0 Å². The second-order valence-corrected chi connectivity index (χ2v) is 5.88. The second kappa shape index (κ2) is 9.79. The molecule has 0 aromatic heterocycles. The van der Waals surface area contributed by atoms with Crippen LogP contribution in [0, 0.1) is 0 Å². The summed E-state index contributed by atoms with van der Waals surface area (Å²) in [6.45, 7) is 1.05. The van der Waals surface area contributed by atoms with Crippen LogP contribution in [0.1, 0.15) is 27.1 Å². The van der Waals surface area contributed by atoms with Crippen LogP contribution < -0.4 is 15.4 Å². The summed E-state index contributed by atoms with van der Waals surface area (Å²) < 4.78 is 10.2. The van der Waals surface area contributed by atoms with Gasteiger partial charge in [0.2, 0.25) is 0 Å². The number of amides is 2. The molecule has 138 valence electrons. The summed E-state index contributed by atoms with van der Waals surface area (Å²) in [4.78, 5) is 25.0. The van der Waals surface area contributed by atoms with Crippen molar-refractivity contribution in [2.45, 2.75) is 6.42 Å². The van der Waals surface area contributed by atoms with Gasteiger partial charge in [0.05, 0.1) is 23.9 Å². The molecule has 0 aliphatic rings. The molecule has 2 N–H and O–H groups in total. The lowest BCUT2D eigenvalue weighted by molar-refractivity contribution is 0.0949. The van der Waals surface area contributed by atoms with Gasteiger partial charge in [0.1, 0.15) is 5.75 Å². The maximum absolute atomic E-state index is 12.6. The topological polar surface area (TPSA) is 76.7 Å². The molecule has 2 aromatic rings. The van der Waals surface area contributed by atoms with Crippen molar-refractivity contribution in [3.05, 3.63) is 58.6 Å². The number of hydrogen-bond acceptors (Lipinski definition) is 4. The molecule has 0 spiro atoms. The third kappa shape index (κ3) is 5.21.